The fraction of sp³-hybridized carbons (Fsp3) is 0.600. The fourth-order valence-electron chi connectivity index (χ4n) is 2.34. The van der Waals surface area contributed by atoms with Gasteiger partial charge in [-0.15, -0.1) is 0 Å². The molecule has 1 aromatic rings. The number of anilines is 1. The normalized spacial score (nSPS) is 24.4. The minimum Gasteiger partial charge on any atom is -0.394 e. The summed E-state index contributed by atoms with van der Waals surface area (Å²) in [5.41, 5.74) is 2.52. The van der Waals surface area contributed by atoms with E-state index < -0.39 is 0 Å². The second-order valence-electron chi connectivity index (χ2n) is 5.48. The van der Waals surface area contributed by atoms with Crippen molar-refractivity contribution in [2.24, 2.45) is 0 Å². The molecule has 2 unspecified atom stereocenters. The molecule has 0 aliphatic carbocycles. The zero-order valence-electron chi connectivity index (χ0n) is 12.0. The lowest BCUT2D eigenvalue weighted by Gasteiger charge is -2.37. The Morgan fingerprint density at radius 2 is 2.00 bits per heavy atom. The molecule has 4 nitrogen and oxygen atoms in total. The molecule has 2 rings (SSSR count). The van der Waals surface area contributed by atoms with Crippen molar-refractivity contribution in [3.63, 3.8) is 0 Å². The van der Waals surface area contributed by atoms with E-state index in [4.69, 9.17) is 4.74 Å². The molecule has 0 radical (unpaired) electrons. The molecule has 106 valence electrons. The molecule has 1 N–H and O–H groups in total. The molecule has 2 atom stereocenters. The Morgan fingerprint density at radius 3 is 2.58 bits per heavy atom. The fourth-order valence-corrected chi connectivity index (χ4v) is 2.34. The van der Waals surface area contributed by atoms with Gasteiger partial charge in [-0.2, -0.15) is 0 Å². The first-order valence-electron chi connectivity index (χ1n) is 6.83. The second-order valence-corrected chi connectivity index (χ2v) is 5.48. The molecule has 0 spiro atoms. The average molecular weight is 264 g/mol. The molecule has 1 aromatic carbocycles. The maximum absolute atomic E-state index is 9.20. The van der Waals surface area contributed by atoms with Crippen molar-refractivity contribution in [1.29, 1.82) is 0 Å². The summed E-state index contributed by atoms with van der Waals surface area (Å²) in [7, 11) is 4.09. The van der Waals surface area contributed by atoms with E-state index in [-0.39, 0.29) is 12.7 Å². The Morgan fingerprint density at radius 1 is 1.32 bits per heavy atom. The number of nitrogens with zero attached hydrogens (tertiary/aromatic N) is 2. The summed E-state index contributed by atoms with van der Waals surface area (Å²) < 4.78 is 5.56. The summed E-state index contributed by atoms with van der Waals surface area (Å²) in [6.07, 6.45) is -0.0442. The zero-order valence-corrected chi connectivity index (χ0v) is 12.0. The van der Waals surface area contributed by atoms with Crippen LogP contribution in [0.5, 0.6) is 0 Å². The van der Waals surface area contributed by atoms with Crippen molar-refractivity contribution >= 4 is 5.69 Å². The Hall–Kier alpha value is -1.10. The van der Waals surface area contributed by atoms with E-state index in [0.717, 1.165) is 13.1 Å². The Bertz CT molecular complexity index is 392. The largest absolute Gasteiger partial charge is 0.394 e. The molecule has 0 saturated carbocycles. The number of rotatable bonds is 4. The van der Waals surface area contributed by atoms with E-state index in [1.807, 2.05) is 14.1 Å². The first kappa shape index (κ1) is 14.3. The lowest BCUT2D eigenvalue weighted by Crippen LogP contribution is -2.48. The second kappa shape index (κ2) is 6.37. The van der Waals surface area contributed by atoms with E-state index in [1.165, 1.54) is 11.3 Å². The molecule has 1 aliphatic heterocycles. The van der Waals surface area contributed by atoms with E-state index in [1.54, 1.807) is 0 Å². The van der Waals surface area contributed by atoms with Crippen molar-refractivity contribution in [2.45, 2.75) is 25.6 Å². The Labute approximate surface area is 115 Å². The van der Waals surface area contributed by atoms with Gasteiger partial charge in [-0.25, -0.2) is 0 Å². The van der Waals surface area contributed by atoms with Crippen molar-refractivity contribution in [1.82, 2.24) is 4.90 Å². The van der Waals surface area contributed by atoms with Crippen molar-refractivity contribution in [2.75, 3.05) is 38.8 Å². The highest BCUT2D eigenvalue weighted by Crippen LogP contribution is 2.18. The minimum absolute atomic E-state index is 0.0442. The molecular weight excluding hydrogens is 240 g/mol. The first-order valence-corrected chi connectivity index (χ1v) is 6.83. The molecule has 1 fully saturated rings. The van der Waals surface area contributed by atoms with Crippen LogP contribution in [0.1, 0.15) is 12.5 Å². The Kier molecular flexibility index (Phi) is 4.80. The summed E-state index contributed by atoms with van der Waals surface area (Å²) in [6.45, 7) is 4.67. The standard InChI is InChI=1S/C15H24N2O2/c1-12-11-19-15(10-18)9-17(12)8-13-4-6-14(7-5-13)16(2)3/h4-7,12,15,18H,8-11H2,1-3H3. The van der Waals surface area contributed by atoms with Gasteiger partial charge in [0.15, 0.2) is 0 Å². The van der Waals surface area contributed by atoms with Gasteiger partial charge in [0.1, 0.15) is 0 Å². The van der Waals surface area contributed by atoms with Crippen molar-refractivity contribution in [3.05, 3.63) is 29.8 Å². The lowest BCUT2D eigenvalue weighted by molar-refractivity contribution is -0.0805. The van der Waals surface area contributed by atoms with Crippen LogP contribution in [0.25, 0.3) is 0 Å². The summed E-state index contributed by atoms with van der Waals surface area (Å²) in [6, 6.07) is 9.03. The van der Waals surface area contributed by atoms with Gasteiger partial charge in [0.25, 0.3) is 0 Å². The predicted octanol–water partition coefficient (Wildman–Crippen LogP) is 1.33. The molecule has 0 aromatic heterocycles. The van der Waals surface area contributed by atoms with E-state index >= 15 is 0 Å². The summed E-state index contributed by atoms with van der Waals surface area (Å²) in [4.78, 5) is 4.47. The van der Waals surface area contributed by atoms with Crippen LogP contribution in [0, 0.1) is 0 Å². The quantitative estimate of drug-likeness (QED) is 0.890. The molecule has 19 heavy (non-hydrogen) atoms. The number of ether oxygens (including phenoxy) is 1. The molecule has 0 bridgehead atoms. The van der Waals surface area contributed by atoms with Gasteiger partial charge in [0, 0.05) is 38.9 Å². The maximum Gasteiger partial charge on any atom is 0.0933 e. The van der Waals surface area contributed by atoms with Crippen LogP contribution in [0.15, 0.2) is 24.3 Å². The van der Waals surface area contributed by atoms with Gasteiger partial charge < -0.3 is 14.7 Å². The first-order chi connectivity index (χ1) is 9.10. The van der Waals surface area contributed by atoms with E-state index in [0.29, 0.717) is 12.6 Å². The number of aliphatic hydroxyl groups excluding tert-OH is 1. The van der Waals surface area contributed by atoms with Crippen molar-refractivity contribution < 1.29 is 9.84 Å². The highest BCUT2D eigenvalue weighted by atomic mass is 16.5. The SMILES string of the molecule is CC1COC(CO)CN1Cc1ccc(N(C)C)cc1. The van der Waals surface area contributed by atoms with Gasteiger partial charge >= 0.3 is 0 Å². The van der Waals surface area contributed by atoms with Crippen LogP contribution in [0.4, 0.5) is 5.69 Å². The maximum atomic E-state index is 9.20. The van der Waals surface area contributed by atoms with Gasteiger partial charge in [-0.3, -0.25) is 4.90 Å². The average Bonchev–Trinajstić information content (AvgIpc) is 2.42. The highest BCUT2D eigenvalue weighted by molar-refractivity contribution is 5.45. The summed E-state index contributed by atoms with van der Waals surface area (Å²) in [5, 5.41) is 9.20. The van der Waals surface area contributed by atoms with Crippen LogP contribution in [0.3, 0.4) is 0 Å². The van der Waals surface area contributed by atoms with Crippen molar-refractivity contribution in [3.8, 4) is 0 Å². The van der Waals surface area contributed by atoms with Crippen LogP contribution < -0.4 is 4.90 Å². The molecule has 1 saturated heterocycles. The van der Waals surface area contributed by atoms with Crippen LogP contribution >= 0.6 is 0 Å². The van der Waals surface area contributed by atoms with Crippen LogP contribution in [0.2, 0.25) is 0 Å². The lowest BCUT2D eigenvalue weighted by atomic mass is 10.1. The van der Waals surface area contributed by atoms with Gasteiger partial charge in [0.2, 0.25) is 0 Å². The third kappa shape index (κ3) is 3.69. The minimum atomic E-state index is -0.0442. The molecule has 0 amide bonds. The summed E-state index contributed by atoms with van der Waals surface area (Å²) in [5.74, 6) is 0. The van der Waals surface area contributed by atoms with Crippen LogP contribution in [-0.4, -0.2) is 56.0 Å². The van der Waals surface area contributed by atoms with Gasteiger partial charge in [-0.1, -0.05) is 12.1 Å². The van der Waals surface area contributed by atoms with Crippen LogP contribution in [-0.2, 0) is 11.3 Å². The number of morpholine rings is 1. The van der Waals surface area contributed by atoms with E-state index in [2.05, 4.69) is 41.0 Å². The molecule has 1 aliphatic rings. The third-order valence-electron chi connectivity index (χ3n) is 3.68. The number of hydrogen-bond donors (Lipinski definition) is 1. The number of benzene rings is 1. The highest BCUT2D eigenvalue weighted by Gasteiger charge is 2.25. The number of aliphatic hydroxyl groups is 1. The van der Waals surface area contributed by atoms with Gasteiger partial charge in [-0.05, 0) is 24.6 Å². The summed E-state index contributed by atoms with van der Waals surface area (Å²) >= 11 is 0. The molecular formula is C15H24N2O2. The van der Waals surface area contributed by atoms with Gasteiger partial charge in [0.05, 0.1) is 19.3 Å². The predicted molar refractivity (Wildman–Crippen MR) is 77.5 cm³/mol. The topological polar surface area (TPSA) is 35.9 Å². The molecule has 1 heterocycles. The van der Waals surface area contributed by atoms with E-state index in [9.17, 15) is 5.11 Å². The monoisotopic (exact) mass is 264 g/mol. The molecule has 4 heteroatoms. The smallest absolute Gasteiger partial charge is 0.0933 e. The number of hydrogen-bond acceptors (Lipinski definition) is 4. The zero-order chi connectivity index (χ0) is 13.8. The third-order valence-corrected chi connectivity index (χ3v) is 3.68. The Balaban J connectivity index is 1.99.